The van der Waals surface area contributed by atoms with Gasteiger partial charge < -0.3 is 19.8 Å². The number of nitro benzene ring substituents is 1. The topological polar surface area (TPSA) is 113 Å². The van der Waals surface area contributed by atoms with Gasteiger partial charge >= 0.3 is 6.09 Å². The normalized spacial score (nSPS) is 10.5. The Kier molecular flexibility index (Phi) is 8.23. The van der Waals surface area contributed by atoms with Crippen molar-refractivity contribution >= 4 is 11.8 Å². The van der Waals surface area contributed by atoms with Gasteiger partial charge in [-0.15, -0.1) is 0 Å². The van der Waals surface area contributed by atoms with Crippen molar-refractivity contribution in [2.45, 2.75) is 32.4 Å². The number of hydrogen-bond acceptors (Lipinski definition) is 6. The van der Waals surface area contributed by atoms with Gasteiger partial charge in [-0.3, -0.25) is 10.1 Å². The lowest BCUT2D eigenvalue weighted by Gasteiger charge is -2.22. The lowest BCUT2D eigenvalue weighted by atomic mass is 10.1. The van der Waals surface area contributed by atoms with Crippen molar-refractivity contribution < 1.29 is 24.7 Å². The average molecular weight is 388 g/mol. The molecule has 0 aliphatic heterocycles. The fourth-order valence-corrected chi connectivity index (χ4v) is 2.72. The van der Waals surface area contributed by atoms with E-state index < -0.39 is 11.0 Å². The molecule has 8 heteroatoms. The van der Waals surface area contributed by atoms with Crippen LogP contribution in [0.3, 0.4) is 0 Å². The number of nitrogens with zero attached hydrogens (tertiary/aromatic N) is 2. The van der Waals surface area contributed by atoms with Crippen LogP contribution in [-0.4, -0.2) is 39.3 Å². The third kappa shape index (κ3) is 6.55. The number of aliphatic hydroxyl groups is 1. The molecule has 0 fully saturated rings. The van der Waals surface area contributed by atoms with Gasteiger partial charge in [0.05, 0.1) is 17.0 Å². The summed E-state index contributed by atoms with van der Waals surface area (Å²) in [6, 6.07) is 12.9. The van der Waals surface area contributed by atoms with Crippen molar-refractivity contribution in [2.75, 3.05) is 13.2 Å². The van der Waals surface area contributed by atoms with Crippen molar-refractivity contribution in [3.05, 3.63) is 69.8 Å². The van der Waals surface area contributed by atoms with E-state index in [0.717, 1.165) is 5.56 Å². The first-order chi connectivity index (χ1) is 13.5. The van der Waals surface area contributed by atoms with E-state index >= 15 is 0 Å². The van der Waals surface area contributed by atoms with Crippen molar-refractivity contribution in [3.8, 4) is 5.75 Å². The summed E-state index contributed by atoms with van der Waals surface area (Å²) >= 11 is 0. The highest BCUT2D eigenvalue weighted by Crippen LogP contribution is 2.25. The fraction of sp³-hybridized carbons (Fsp3) is 0.350. The molecule has 0 saturated carbocycles. The van der Waals surface area contributed by atoms with Gasteiger partial charge in [-0.25, -0.2) is 4.79 Å². The first-order valence-corrected chi connectivity index (χ1v) is 9.04. The van der Waals surface area contributed by atoms with Gasteiger partial charge in [0.1, 0.15) is 12.4 Å². The maximum Gasteiger partial charge on any atom is 0.410 e. The van der Waals surface area contributed by atoms with Gasteiger partial charge in [-0.2, -0.15) is 0 Å². The molecular formula is C20H24N2O6. The summed E-state index contributed by atoms with van der Waals surface area (Å²) in [5.41, 5.74) is 0.886. The highest BCUT2D eigenvalue weighted by molar-refractivity contribution is 5.68. The van der Waals surface area contributed by atoms with Gasteiger partial charge in [-0.1, -0.05) is 30.3 Å². The van der Waals surface area contributed by atoms with E-state index in [1.54, 1.807) is 0 Å². The number of nitro groups is 1. The molecule has 0 heterocycles. The van der Waals surface area contributed by atoms with E-state index in [1.807, 2.05) is 30.3 Å². The van der Waals surface area contributed by atoms with Crippen LogP contribution < -0.4 is 0 Å². The molecule has 0 aliphatic rings. The number of phenolic OH excluding ortho intramolecular Hbond substituents is 1. The van der Waals surface area contributed by atoms with Crippen molar-refractivity contribution in [1.82, 2.24) is 4.90 Å². The Morgan fingerprint density at radius 3 is 2.54 bits per heavy atom. The lowest BCUT2D eigenvalue weighted by molar-refractivity contribution is -0.385. The van der Waals surface area contributed by atoms with E-state index in [1.165, 1.54) is 23.1 Å². The predicted octanol–water partition coefficient (Wildman–Crippen LogP) is 3.60. The summed E-state index contributed by atoms with van der Waals surface area (Å²) in [7, 11) is 0. The van der Waals surface area contributed by atoms with Crippen LogP contribution in [0, 0.1) is 10.1 Å². The molecule has 28 heavy (non-hydrogen) atoms. The second-order valence-corrected chi connectivity index (χ2v) is 6.32. The Hall–Kier alpha value is -3.13. The Morgan fingerprint density at radius 2 is 1.86 bits per heavy atom. The number of ether oxygens (including phenoxy) is 1. The van der Waals surface area contributed by atoms with Crippen LogP contribution in [-0.2, 0) is 17.9 Å². The number of unbranched alkanes of at least 4 members (excludes halogenated alkanes) is 2. The first-order valence-electron chi connectivity index (χ1n) is 9.04. The number of phenols is 1. The number of carbonyl (C=O) groups excluding carboxylic acids is 1. The Labute approximate surface area is 163 Å². The number of rotatable bonds is 10. The van der Waals surface area contributed by atoms with E-state index in [9.17, 15) is 20.0 Å². The predicted molar refractivity (Wildman–Crippen MR) is 103 cm³/mol. The highest BCUT2D eigenvalue weighted by Gasteiger charge is 2.21. The zero-order valence-electron chi connectivity index (χ0n) is 15.5. The number of aromatic hydroxyl groups is 1. The van der Waals surface area contributed by atoms with E-state index in [0.29, 0.717) is 25.8 Å². The zero-order valence-corrected chi connectivity index (χ0v) is 15.5. The Morgan fingerprint density at radius 1 is 1.11 bits per heavy atom. The van der Waals surface area contributed by atoms with Crippen LogP contribution in [0.2, 0.25) is 0 Å². The molecule has 8 nitrogen and oxygen atoms in total. The molecule has 2 rings (SSSR count). The van der Waals surface area contributed by atoms with Gasteiger partial charge in [0.2, 0.25) is 0 Å². The summed E-state index contributed by atoms with van der Waals surface area (Å²) in [5.74, 6) is -0.113. The van der Waals surface area contributed by atoms with Crippen molar-refractivity contribution in [2.24, 2.45) is 0 Å². The minimum atomic E-state index is -0.592. The summed E-state index contributed by atoms with van der Waals surface area (Å²) in [5, 5.41) is 29.8. The third-order valence-corrected chi connectivity index (χ3v) is 4.17. The van der Waals surface area contributed by atoms with Crippen LogP contribution in [0.25, 0.3) is 0 Å². The number of hydrogen-bond donors (Lipinski definition) is 2. The number of amides is 1. The molecule has 2 aromatic carbocycles. The molecule has 0 radical (unpaired) electrons. The van der Waals surface area contributed by atoms with E-state index in [4.69, 9.17) is 9.84 Å². The number of aliphatic hydroxyl groups excluding tert-OH is 1. The molecule has 2 aromatic rings. The van der Waals surface area contributed by atoms with Crippen LogP contribution in [0.15, 0.2) is 48.5 Å². The lowest BCUT2D eigenvalue weighted by Crippen LogP contribution is -2.32. The number of carbonyl (C=O) groups is 1. The maximum atomic E-state index is 12.6. The molecule has 0 atom stereocenters. The SMILES string of the molecule is O=C(OCc1ccccc1)N(CCCCCO)Cc1cc(O)ccc1[N+](=O)[O-]. The highest BCUT2D eigenvalue weighted by atomic mass is 16.6. The minimum absolute atomic E-state index is 0.0581. The summed E-state index contributed by atoms with van der Waals surface area (Å²) in [6.45, 7) is 0.420. The first kappa shape index (κ1) is 21.2. The third-order valence-electron chi connectivity index (χ3n) is 4.17. The van der Waals surface area contributed by atoms with Gasteiger partial charge in [0.25, 0.3) is 5.69 Å². The molecule has 0 saturated heterocycles. The Bertz CT molecular complexity index is 782. The smallest absolute Gasteiger partial charge is 0.410 e. The molecular weight excluding hydrogens is 364 g/mol. The molecule has 0 unspecified atom stereocenters. The summed E-state index contributed by atoms with van der Waals surface area (Å²) < 4.78 is 5.36. The standard InChI is InChI=1S/C20H24N2O6/c23-12-6-2-5-11-21(20(25)28-15-16-7-3-1-4-8-16)14-17-13-18(24)9-10-19(17)22(26)27/h1,3-4,7-10,13,23-24H,2,5-6,11-12,14-15H2. The number of benzene rings is 2. The zero-order chi connectivity index (χ0) is 20.4. The molecule has 0 spiro atoms. The van der Waals surface area contributed by atoms with Crippen LogP contribution in [0.5, 0.6) is 5.75 Å². The maximum absolute atomic E-state index is 12.6. The minimum Gasteiger partial charge on any atom is -0.508 e. The van der Waals surface area contributed by atoms with E-state index in [2.05, 4.69) is 0 Å². The van der Waals surface area contributed by atoms with Crippen LogP contribution in [0.4, 0.5) is 10.5 Å². The van der Waals surface area contributed by atoms with Gasteiger partial charge in [0.15, 0.2) is 0 Å². The fourth-order valence-electron chi connectivity index (χ4n) is 2.72. The molecule has 2 N–H and O–H groups in total. The van der Waals surface area contributed by atoms with Crippen LogP contribution >= 0.6 is 0 Å². The summed E-state index contributed by atoms with van der Waals surface area (Å²) in [6.07, 6.45) is 1.35. The monoisotopic (exact) mass is 388 g/mol. The van der Waals surface area contributed by atoms with Crippen LogP contribution in [0.1, 0.15) is 30.4 Å². The second kappa shape index (κ2) is 10.9. The molecule has 150 valence electrons. The Balaban J connectivity index is 2.11. The molecule has 0 bridgehead atoms. The quantitative estimate of drug-likeness (QED) is 0.365. The van der Waals surface area contributed by atoms with Gasteiger partial charge in [-0.05, 0) is 37.0 Å². The van der Waals surface area contributed by atoms with Gasteiger partial charge in [0, 0.05) is 19.2 Å². The summed E-state index contributed by atoms with van der Waals surface area (Å²) in [4.78, 5) is 24.7. The van der Waals surface area contributed by atoms with Crippen molar-refractivity contribution in [1.29, 1.82) is 0 Å². The second-order valence-electron chi connectivity index (χ2n) is 6.32. The van der Waals surface area contributed by atoms with Crippen molar-refractivity contribution in [3.63, 3.8) is 0 Å². The van der Waals surface area contributed by atoms with E-state index in [-0.39, 0.29) is 36.8 Å². The molecule has 1 amide bonds. The molecule has 0 aliphatic carbocycles. The largest absolute Gasteiger partial charge is 0.508 e. The average Bonchev–Trinajstić information content (AvgIpc) is 2.69. The molecule has 0 aromatic heterocycles.